The summed E-state index contributed by atoms with van der Waals surface area (Å²) >= 11 is 2.02. The smallest absolute Gasteiger partial charge is 0.318 e. The molecule has 0 radical (unpaired) electrons. The normalized spacial score (nSPS) is 19.9. The summed E-state index contributed by atoms with van der Waals surface area (Å²) in [4.78, 5) is 2.20. The third-order valence-electron chi connectivity index (χ3n) is 3.33. The Labute approximate surface area is 125 Å². The van der Waals surface area contributed by atoms with E-state index in [9.17, 15) is 0 Å². The van der Waals surface area contributed by atoms with Gasteiger partial charge in [0.1, 0.15) is 0 Å². The van der Waals surface area contributed by atoms with Crippen molar-refractivity contribution in [1.29, 1.82) is 0 Å². The second-order valence-corrected chi connectivity index (χ2v) is 8.73. The fourth-order valence-corrected chi connectivity index (χ4v) is 3.10. The molecular weight excluding hydrogens is 272 g/mol. The third-order valence-corrected chi connectivity index (χ3v) is 4.71. The first-order valence-electron chi connectivity index (χ1n) is 7.21. The van der Waals surface area contributed by atoms with E-state index in [4.69, 9.17) is 4.42 Å². The van der Waals surface area contributed by atoms with Crippen molar-refractivity contribution in [1.82, 2.24) is 15.5 Å². The van der Waals surface area contributed by atoms with E-state index in [1.54, 1.807) is 0 Å². The molecule has 0 spiro atoms. The first-order chi connectivity index (χ1) is 9.25. The maximum Gasteiger partial charge on any atom is 0.318 e. The van der Waals surface area contributed by atoms with Crippen LogP contribution in [-0.4, -0.2) is 39.3 Å². The fraction of sp³-hybridized carbons (Fsp3) is 0.857. The zero-order chi connectivity index (χ0) is 14.8. The predicted molar refractivity (Wildman–Crippen MR) is 84.3 cm³/mol. The van der Waals surface area contributed by atoms with Crippen LogP contribution in [0.25, 0.3) is 0 Å². The number of thioether (sulfide) groups is 1. The second-order valence-electron chi connectivity index (χ2n) is 6.93. The number of anilines is 1. The summed E-state index contributed by atoms with van der Waals surface area (Å²) in [5.74, 6) is 1.76. The van der Waals surface area contributed by atoms with Crippen LogP contribution in [0.3, 0.4) is 0 Å². The van der Waals surface area contributed by atoms with Crippen molar-refractivity contribution in [2.24, 2.45) is 0 Å². The number of nitrogens with zero attached hydrogens (tertiary/aromatic N) is 3. The highest BCUT2D eigenvalue weighted by Gasteiger charge is 2.26. The van der Waals surface area contributed by atoms with Crippen molar-refractivity contribution in [2.45, 2.75) is 57.9 Å². The zero-order valence-corrected chi connectivity index (χ0v) is 14.0. The van der Waals surface area contributed by atoms with Gasteiger partial charge < -0.3 is 14.6 Å². The van der Waals surface area contributed by atoms with E-state index >= 15 is 0 Å². The maximum absolute atomic E-state index is 5.77. The molecule has 20 heavy (non-hydrogen) atoms. The molecule has 6 heteroatoms. The summed E-state index contributed by atoms with van der Waals surface area (Å²) in [6.45, 7) is 13.5. The van der Waals surface area contributed by atoms with E-state index in [0.717, 1.165) is 25.3 Å². The summed E-state index contributed by atoms with van der Waals surface area (Å²) in [5, 5.41) is 11.7. The molecule has 2 heterocycles. The molecule has 1 aromatic heterocycles. The largest absolute Gasteiger partial charge is 0.407 e. The number of rotatable bonds is 3. The molecule has 0 atom stereocenters. The minimum absolute atomic E-state index is 0.0535. The lowest BCUT2D eigenvalue weighted by molar-refractivity contribution is 0.380. The van der Waals surface area contributed by atoms with Crippen LogP contribution in [0.15, 0.2) is 4.42 Å². The lowest BCUT2D eigenvalue weighted by atomic mass is 10.1. The Kier molecular flexibility index (Phi) is 4.64. The first-order valence-corrected chi connectivity index (χ1v) is 8.20. The Morgan fingerprint density at radius 3 is 2.75 bits per heavy atom. The number of hydrogen-bond acceptors (Lipinski definition) is 6. The Balaban J connectivity index is 1.95. The molecule has 5 nitrogen and oxygen atoms in total. The van der Waals surface area contributed by atoms with Crippen molar-refractivity contribution in [3.63, 3.8) is 0 Å². The number of nitrogens with one attached hydrogen (secondary N) is 1. The molecule has 114 valence electrons. The van der Waals surface area contributed by atoms with Crippen molar-refractivity contribution in [2.75, 3.05) is 23.7 Å². The molecule has 2 rings (SSSR count). The molecule has 1 N–H and O–H groups in total. The van der Waals surface area contributed by atoms with Gasteiger partial charge in [0.25, 0.3) is 0 Å². The Morgan fingerprint density at radius 1 is 1.30 bits per heavy atom. The SMILES string of the molecule is CC(C)(C)NCc1nnc(N2CCSC(C)(C)CC2)o1. The predicted octanol–water partition coefficient (Wildman–Crippen LogP) is 2.68. The molecule has 1 saturated heterocycles. The summed E-state index contributed by atoms with van der Waals surface area (Å²) in [7, 11) is 0. The van der Waals surface area contributed by atoms with E-state index in [0.29, 0.717) is 23.2 Å². The van der Waals surface area contributed by atoms with E-state index in [2.05, 4.69) is 55.0 Å². The zero-order valence-electron chi connectivity index (χ0n) is 13.2. The Bertz CT molecular complexity index is 439. The van der Waals surface area contributed by atoms with Gasteiger partial charge in [-0.2, -0.15) is 11.8 Å². The third kappa shape index (κ3) is 4.66. The minimum Gasteiger partial charge on any atom is -0.407 e. The molecule has 0 amide bonds. The summed E-state index contributed by atoms with van der Waals surface area (Å²) in [6, 6.07) is 0.661. The van der Waals surface area contributed by atoms with E-state index in [1.807, 2.05) is 11.8 Å². The first kappa shape index (κ1) is 15.6. The quantitative estimate of drug-likeness (QED) is 0.926. The van der Waals surface area contributed by atoms with Crippen molar-refractivity contribution in [3.05, 3.63) is 5.89 Å². The van der Waals surface area contributed by atoms with Gasteiger partial charge in [-0.25, -0.2) is 0 Å². The van der Waals surface area contributed by atoms with Crippen LogP contribution >= 0.6 is 11.8 Å². The highest BCUT2D eigenvalue weighted by Crippen LogP contribution is 2.31. The molecule has 1 aliphatic rings. The summed E-state index contributed by atoms with van der Waals surface area (Å²) in [6.07, 6.45) is 1.13. The molecule has 0 bridgehead atoms. The van der Waals surface area contributed by atoms with Crippen LogP contribution in [0.5, 0.6) is 0 Å². The van der Waals surface area contributed by atoms with Gasteiger partial charge >= 0.3 is 6.01 Å². The van der Waals surface area contributed by atoms with Gasteiger partial charge in [-0.1, -0.05) is 18.9 Å². The van der Waals surface area contributed by atoms with Crippen molar-refractivity contribution < 1.29 is 4.42 Å². The van der Waals surface area contributed by atoms with Crippen LogP contribution in [0, 0.1) is 0 Å². The number of aromatic nitrogens is 2. The van der Waals surface area contributed by atoms with Gasteiger partial charge in [-0.3, -0.25) is 0 Å². The van der Waals surface area contributed by atoms with Gasteiger partial charge in [0.15, 0.2) is 0 Å². The molecular formula is C14H26N4OS. The molecule has 0 saturated carbocycles. The molecule has 0 aromatic carbocycles. The van der Waals surface area contributed by atoms with Crippen molar-refractivity contribution in [3.8, 4) is 0 Å². The Hall–Kier alpha value is -0.750. The second kappa shape index (κ2) is 5.93. The fourth-order valence-electron chi connectivity index (χ4n) is 2.00. The molecule has 0 aliphatic carbocycles. The van der Waals surface area contributed by atoms with Gasteiger partial charge in [0.2, 0.25) is 5.89 Å². The molecule has 1 aliphatic heterocycles. The van der Waals surface area contributed by atoms with Crippen LogP contribution in [-0.2, 0) is 6.54 Å². The summed E-state index contributed by atoms with van der Waals surface area (Å²) < 4.78 is 6.11. The average molecular weight is 298 g/mol. The van der Waals surface area contributed by atoms with Gasteiger partial charge in [0.05, 0.1) is 6.54 Å². The monoisotopic (exact) mass is 298 g/mol. The van der Waals surface area contributed by atoms with Crippen LogP contribution in [0.2, 0.25) is 0 Å². The lowest BCUT2D eigenvalue weighted by Crippen LogP contribution is -2.35. The lowest BCUT2D eigenvalue weighted by Gasteiger charge is -2.21. The van der Waals surface area contributed by atoms with Crippen LogP contribution < -0.4 is 10.2 Å². The summed E-state index contributed by atoms with van der Waals surface area (Å²) in [5.41, 5.74) is 0.0535. The highest BCUT2D eigenvalue weighted by molar-refractivity contribution is 8.00. The van der Waals surface area contributed by atoms with Crippen LogP contribution in [0.1, 0.15) is 46.9 Å². The minimum atomic E-state index is 0.0535. The molecule has 0 unspecified atom stereocenters. The van der Waals surface area contributed by atoms with Gasteiger partial charge in [-0.15, -0.1) is 5.10 Å². The Morgan fingerprint density at radius 2 is 2.05 bits per heavy atom. The van der Waals surface area contributed by atoms with E-state index in [1.165, 1.54) is 0 Å². The molecule has 1 aromatic rings. The van der Waals surface area contributed by atoms with Gasteiger partial charge in [-0.05, 0) is 27.2 Å². The van der Waals surface area contributed by atoms with Gasteiger partial charge in [0, 0.05) is 29.1 Å². The topological polar surface area (TPSA) is 54.2 Å². The van der Waals surface area contributed by atoms with Crippen LogP contribution in [0.4, 0.5) is 6.01 Å². The van der Waals surface area contributed by atoms with Crippen molar-refractivity contribution >= 4 is 17.8 Å². The highest BCUT2D eigenvalue weighted by atomic mass is 32.2. The molecule has 1 fully saturated rings. The van der Waals surface area contributed by atoms with E-state index in [-0.39, 0.29) is 5.54 Å². The van der Waals surface area contributed by atoms with E-state index < -0.39 is 0 Å². The standard InChI is InChI=1S/C14H26N4OS/c1-13(2,3)15-10-11-16-17-12(19-11)18-7-6-14(4,5)20-9-8-18/h15H,6-10H2,1-5H3. The maximum atomic E-state index is 5.77. The number of hydrogen-bond donors (Lipinski definition) is 1. The average Bonchev–Trinajstić information content (AvgIpc) is 2.71.